The summed E-state index contributed by atoms with van der Waals surface area (Å²) in [5.74, 6) is -0.779. The van der Waals surface area contributed by atoms with Crippen LogP contribution < -0.4 is 0 Å². The summed E-state index contributed by atoms with van der Waals surface area (Å²) >= 11 is 0. The third-order valence-corrected chi connectivity index (χ3v) is 2.82. The highest BCUT2D eigenvalue weighted by atomic mass is 16.5. The maximum atomic E-state index is 11.5. The van der Waals surface area contributed by atoms with Gasteiger partial charge in [0.25, 0.3) is 0 Å². The van der Waals surface area contributed by atoms with Gasteiger partial charge in [-0.2, -0.15) is 0 Å². The molecule has 3 unspecified atom stereocenters. The van der Waals surface area contributed by atoms with Gasteiger partial charge in [-0.15, -0.1) is 0 Å². The Morgan fingerprint density at radius 2 is 1.94 bits per heavy atom. The molecule has 0 radical (unpaired) electrons. The van der Waals surface area contributed by atoms with Crippen LogP contribution in [0, 0.1) is 17.8 Å². The number of carbonyl (C=O) groups excluding carboxylic acids is 2. The van der Waals surface area contributed by atoms with Gasteiger partial charge in [-0.1, -0.05) is 13.8 Å². The fraction of sp³-hybridized carbons (Fsp3) is 0.833. The minimum Gasteiger partial charge on any atom is -0.465 e. The lowest BCUT2D eigenvalue weighted by atomic mass is 9.84. The van der Waals surface area contributed by atoms with Crippen LogP contribution in [0.5, 0.6) is 0 Å². The van der Waals surface area contributed by atoms with Gasteiger partial charge in [-0.25, -0.2) is 0 Å². The first kappa shape index (κ1) is 15.1. The molecule has 0 aromatic heterocycles. The number of nitrogens with zero attached hydrogens (tertiary/aromatic N) is 1. The van der Waals surface area contributed by atoms with Crippen molar-refractivity contribution in [2.24, 2.45) is 17.8 Å². The zero-order valence-corrected chi connectivity index (χ0v) is 10.9. The van der Waals surface area contributed by atoms with E-state index in [9.17, 15) is 9.59 Å². The molecule has 0 rings (SSSR count). The van der Waals surface area contributed by atoms with E-state index in [0.717, 1.165) is 6.54 Å². The van der Waals surface area contributed by atoms with E-state index in [0.29, 0.717) is 12.9 Å². The van der Waals surface area contributed by atoms with Crippen molar-refractivity contribution in [1.29, 1.82) is 0 Å². The molecular formula is C12H23NO3. The van der Waals surface area contributed by atoms with Crippen LogP contribution in [0.3, 0.4) is 0 Å². The van der Waals surface area contributed by atoms with Crippen LogP contribution in [0.2, 0.25) is 0 Å². The minimum absolute atomic E-state index is 0.000972. The summed E-state index contributed by atoms with van der Waals surface area (Å²) in [4.78, 5) is 24.5. The molecule has 0 fully saturated rings. The lowest BCUT2D eigenvalue weighted by molar-refractivity contribution is -0.151. The standard InChI is InChI=1S/C12H23NO3/c1-6-16-12(15)11(8-14)10(3)9(2)7-13(4)5/h8-11H,6-7H2,1-5H3. The molecule has 0 aromatic carbocycles. The lowest BCUT2D eigenvalue weighted by Crippen LogP contribution is -2.33. The summed E-state index contributed by atoms with van der Waals surface area (Å²) in [5.41, 5.74) is 0. The summed E-state index contributed by atoms with van der Waals surface area (Å²) in [6, 6.07) is 0. The molecule has 0 aromatic rings. The highest BCUT2D eigenvalue weighted by Crippen LogP contribution is 2.21. The lowest BCUT2D eigenvalue weighted by Gasteiger charge is -2.26. The molecule has 0 spiro atoms. The monoisotopic (exact) mass is 229 g/mol. The summed E-state index contributed by atoms with van der Waals surface area (Å²) < 4.78 is 4.89. The first-order valence-electron chi connectivity index (χ1n) is 5.70. The van der Waals surface area contributed by atoms with Crippen LogP contribution in [0.1, 0.15) is 20.8 Å². The molecule has 3 atom stereocenters. The Bertz CT molecular complexity index is 228. The number of hydrogen-bond acceptors (Lipinski definition) is 4. The molecule has 0 saturated heterocycles. The molecule has 0 aliphatic carbocycles. The quantitative estimate of drug-likeness (QED) is 0.374. The molecule has 94 valence electrons. The van der Waals surface area contributed by atoms with Crippen molar-refractivity contribution in [3.63, 3.8) is 0 Å². The van der Waals surface area contributed by atoms with Crippen LogP contribution >= 0.6 is 0 Å². The fourth-order valence-corrected chi connectivity index (χ4v) is 1.73. The fourth-order valence-electron chi connectivity index (χ4n) is 1.73. The molecule has 0 saturated carbocycles. The third kappa shape index (κ3) is 4.75. The van der Waals surface area contributed by atoms with Crippen LogP contribution in [-0.4, -0.2) is 44.4 Å². The van der Waals surface area contributed by atoms with E-state index in [1.807, 2.05) is 32.8 Å². The van der Waals surface area contributed by atoms with E-state index in [2.05, 4.69) is 0 Å². The summed E-state index contributed by atoms with van der Waals surface area (Å²) in [7, 11) is 3.95. The second kappa shape index (κ2) is 7.39. The van der Waals surface area contributed by atoms with E-state index in [4.69, 9.17) is 4.74 Å². The van der Waals surface area contributed by atoms with E-state index < -0.39 is 11.9 Å². The summed E-state index contributed by atoms with van der Waals surface area (Å²) in [6.45, 7) is 6.88. The Labute approximate surface area is 98.0 Å². The van der Waals surface area contributed by atoms with Crippen molar-refractivity contribution in [3.05, 3.63) is 0 Å². The van der Waals surface area contributed by atoms with Crippen molar-refractivity contribution >= 4 is 12.3 Å². The summed E-state index contributed by atoms with van der Waals surface area (Å²) in [6.07, 6.45) is 0.703. The second-order valence-corrected chi connectivity index (χ2v) is 4.51. The Kier molecular flexibility index (Phi) is 6.97. The molecular weight excluding hydrogens is 206 g/mol. The van der Waals surface area contributed by atoms with Gasteiger partial charge in [0.15, 0.2) is 0 Å². The largest absolute Gasteiger partial charge is 0.465 e. The van der Waals surface area contributed by atoms with Crippen LogP contribution in [0.25, 0.3) is 0 Å². The van der Waals surface area contributed by atoms with Crippen molar-refractivity contribution in [1.82, 2.24) is 4.90 Å². The normalized spacial score (nSPS) is 16.6. The van der Waals surface area contributed by atoms with E-state index >= 15 is 0 Å². The van der Waals surface area contributed by atoms with Gasteiger partial charge in [0.2, 0.25) is 0 Å². The van der Waals surface area contributed by atoms with E-state index in [1.165, 1.54) is 0 Å². The average molecular weight is 229 g/mol. The number of carbonyl (C=O) groups is 2. The highest BCUT2D eigenvalue weighted by molar-refractivity contribution is 5.88. The van der Waals surface area contributed by atoms with Crippen molar-refractivity contribution in [2.75, 3.05) is 27.2 Å². The highest BCUT2D eigenvalue weighted by Gasteiger charge is 2.29. The number of rotatable bonds is 7. The first-order chi connectivity index (χ1) is 7.43. The van der Waals surface area contributed by atoms with E-state index in [-0.39, 0.29) is 11.8 Å². The molecule has 0 amide bonds. The van der Waals surface area contributed by atoms with Crippen LogP contribution in [-0.2, 0) is 14.3 Å². The molecule has 16 heavy (non-hydrogen) atoms. The van der Waals surface area contributed by atoms with Gasteiger partial charge in [0.1, 0.15) is 12.2 Å². The molecule has 4 heteroatoms. The van der Waals surface area contributed by atoms with Crippen LogP contribution in [0.15, 0.2) is 0 Å². The second-order valence-electron chi connectivity index (χ2n) is 4.51. The predicted octanol–water partition coefficient (Wildman–Crippen LogP) is 1.20. The maximum Gasteiger partial charge on any atom is 0.316 e. The topological polar surface area (TPSA) is 46.6 Å². The van der Waals surface area contributed by atoms with Crippen LogP contribution in [0.4, 0.5) is 0 Å². The predicted molar refractivity (Wildman–Crippen MR) is 63.1 cm³/mol. The number of esters is 1. The zero-order valence-electron chi connectivity index (χ0n) is 10.9. The van der Waals surface area contributed by atoms with Gasteiger partial charge in [0.05, 0.1) is 6.61 Å². The average Bonchev–Trinajstić information content (AvgIpc) is 2.17. The zero-order chi connectivity index (χ0) is 12.7. The third-order valence-electron chi connectivity index (χ3n) is 2.82. The summed E-state index contributed by atoms with van der Waals surface area (Å²) in [5, 5.41) is 0. The van der Waals surface area contributed by atoms with Gasteiger partial charge in [-0.05, 0) is 32.9 Å². The van der Waals surface area contributed by atoms with Gasteiger partial charge >= 0.3 is 5.97 Å². The molecule has 0 aliphatic rings. The minimum atomic E-state index is -0.644. The van der Waals surface area contributed by atoms with Crippen molar-refractivity contribution in [3.8, 4) is 0 Å². The Morgan fingerprint density at radius 1 is 1.38 bits per heavy atom. The molecule has 0 aliphatic heterocycles. The van der Waals surface area contributed by atoms with Gasteiger partial charge < -0.3 is 14.4 Å². The molecule has 4 nitrogen and oxygen atoms in total. The Balaban J connectivity index is 4.45. The first-order valence-corrected chi connectivity index (χ1v) is 5.70. The smallest absolute Gasteiger partial charge is 0.316 e. The van der Waals surface area contributed by atoms with Crippen molar-refractivity contribution in [2.45, 2.75) is 20.8 Å². The Morgan fingerprint density at radius 3 is 2.31 bits per heavy atom. The number of hydrogen-bond donors (Lipinski definition) is 0. The molecule has 0 heterocycles. The molecule has 0 bridgehead atoms. The van der Waals surface area contributed by atoms with E-state index in [1.54, 1.807) is 6.92 Å². The maximum absolute atomic E-state index is 11.5. The number of ether oxygens (including phenoxy) is 1. The SMILES string of the molecule is CCOC(=O)C(C=O)C(C)C(C)CN(C)C. The van der Waals surface area contributed by atoms with Gasteiger partial charge in [-0.3, -0.25) is 4.79 Å². The Hall–Kier alpha value is -0.900. The van der Waals surface area contributed by atoms with Gasteiger partial charge in [0, 0.05) is 6.54 Å². The molecule has 0 N–H and O–H groups in total. The number of aldehydes is 1. The van der Waals surface area contributed by atoms with Crippen molar-refractivity contribution < 1.29 is 14.3 Å².